The molecule has 1 aliphatic heterocycles. The van der Waals surface area contributed by atoms with E-state index in [2.05, 4.69) is 20.3 Å². The van der Waals surface area contributed by atoms with Crippen molar-refractivity contribution in [2.75, 3.05) is 17.7 Å². The van der Waals surface area contributed by atoms with Gasteiger partial charge in [0.25, 0.3) is 5.56 Å². The molecule has 37 heavy (non-hydrogen) atoms. The molecule has 0 aliphatic carbocycles. The van der Waals surface area contributed by atoms with Gasteiger partial charge in [-0.2, -0.15) is 4.98 Å². The smallest absolute Gasteiger partial charge is 0.356 e. The van der Waals surface area contributed by atoms with Crippen LogP contribution in [0.3, 0.4) is 0 Å². The molecule has 0 radical (unpaired) electrons. The maximum Gasteiger partial charge on any atom is 0.356 e. The van der Waals surface area contributed by atoms with Gasteiger partial charge in [0.05, 0.1) is 11.9 Å². The van der Waals surface area contributed by atoms with E-state index >= 15 is 0 Å². The minimum Gasteiger partial charge on any atom is -0.394 e. The summed E-state index contributed by atoms with van der Waals surface area (Å²) in [6.45, 7) is -0.551. The number of nitrogens with zero attached hydrogens (tertiary/aromatic N) is 3. The highest BCUT2D eigenvalue weighted by atomic mass is 31.2. The summed E-state index contributed by atoms with van der Waals surface area (Å²) >= 11 is 0. The van der Waals surface area contributed by atoms with Crippen molar-refractivity contribution in [2.24, 2.45) is 0 Å². The zero-order chi connectivity index (χ0) is 26.5. The summed E-state index contributed by atoms with van der Waals surface area (Å²) in [5.41, 5.74) is 6.76. The molecule has 2 aromatic heterocycles. The number of aromatic nitrogens is 4. The van der Waals surface area contributed by atoms with Gasteiger partial charge in [-0.1, -0.05) is 24.3 Å². The van der Waals surface area contributed by atoms with E-state index in [1.807, 2.05) is 0 Å². The van der Waals surface area contributed by atoms with Crippen LogP contribution >= 0.6 is 7.60 Å². The van der Waals surface area contributed by atoms with Crippen LogP contribution in [-0.2, 0) is 9.30 Å². The van der Waals surface area contributed by atoms with Gasteiger partial charge in [-0.25, -0.2) is 4.98 Å². The average Bonchev–Trinajstić information content (AvgIpc) is 3.35. The summed E-state index contributed by atoms with van der Waals surface area (Å²) in [6.07, 6.45) is -5.19. The first-order valence-electron chi connectivity index (χ1n) is 11.0. The second kappa shape index (κ2) is 9.36. The van der Waals surface area contributed by atoms with Crippen molar-refractivity contribution >= 4 is 41.6 Å². The number of H-pyrrole nitrogens is 1. The summed E-state index contributed by atoms with van der Waals surface area (Å²) in [5, 5.41) is 33.3. The molecule has 0 amide bonds. The summed E-state index contributed by atoms with van der Waals surface area (Å²) in [7, 11) is -4.41. The van der Waals surface area contributed by atoms with E-state index in [0.29, 0.717) is 16.8 Å². The van der Waals surface area contributed by atoms with Crippen LogP contribution in [0.2, 0.25) is 0 Å². The minimum absolute atomic E-state index is 0.00976. The van der Waals surface area contributed by atoms with Crippen molar-refractivity contribution in [1.29, 1.82) is 0 Å². The molecule has 4 aromatic rings. The molecule has 0 saturated carbocycles. The molecule has 1 aliphatic rings. The Bertz CT molecular complexity index is 1570. The van der Waals surface area contributed by atoms with E-state index in [0.717, 1.165) is 0 Å². The fraction of sp³-hybridized carbons (Fsp3) is 0.227. The molecule has 3 heterocycles. The third-order valence-electron chi connectivity index (χ3n) is 6.00. The van der Waals surface area contributed by atoms with E-state index in [-0.39, 0.29) is 28.4 Å². The van der Waals surface area contributed by atoms with Gasteiger partial charge >= 0.3 is 7.60 Å². The van der Waals surface area contributed by atoms with Gasteiger partial charge in [0.15, 0.2) is 17.4 Å². The molecule has 0 spiro atoms. The lowest BCUT2D eigenvalue weighted by molar-refractivity contribution is -0.0501. The van der Waals surface area contributed by atoms with Crippen LogP contribution in [0.25, 0.3) is 22.3 Å². The monoisotopic (exact) mass is 530 g/mol. The molecule has 0 bridgehead atoms. The third kappa shape index (κ3) is 4.63. The molecule has 1 fully saturated rings. The lowest BCUT2D eigenvalue weighted by Gasteiger charge is -2.20. The molecule has 5 rings (SSSR count). The number of aliphatic hydroxyl groups excluding tert-OH is 3. The maximum absolute atomic E-state index is 12.5. The molecule has 9 N–H and O–H groups in total. The van der Waals surface area contributed by atoms with Crippen molar-refractivity contribution < 1.29 is 34.4 Å². The van der Waals surface area contributed by atoms with Crippen LogP contribution < -0.4 is 21.9 Å². The SMILES string of the molecule is Nc1nc2c(nc(Nc3ccc(-c4cccc(P(=O)(O)O)c4)cc3)n2[C@@H]2O[C@H](CO)[C@@H](O)[C@H]2O)c(=O)[nH]1. The number of anilines is 3. The molecular weight excluding hydrogens is 507 g/mol. The lowest BCUT2D eigenvalue weighted by atomic mass is 10.1. The number of hydrogen-bond acceptors (Lipinski definition) is 10. The lowest BCUT2D eigenvalue weighted by Crippen LogP contribution is -2.33. The van der Waals surface area contributed by atoms with Crippen molar-refractivity contribution in [3.8, 4) is 11.1 Å². The zero-order valence-corrected chi connectivity index (χ0v) is 19.9. The molecular formula is C22H23N6O8P. The van der Waals surface area contributed by atoms with E-state index in [4.69, 9.17) is 10.5 Å². The summed E-state index contributed by atoms with van der Waals surface area (Å²) < 4.78 is 18.5. The van der Waals surface area contributed by atoms with Gasteiger partial charge in [-0.05, 0) is 35.4 Å². The quantitative estimate of drug-likeness (QED) is 0.148. The molecule has 0 unspecified atom stereocenters. The number of rotatable bonds is 6. The van der Waals surface area contributed by atoms with Crippen molar-refractivity contribution in [3.05, 3.63) is 58.9 Å². The van der Waals surface area contributed by atoms with E-state index in [1.54, 1.807) is 36.4 Å². The van der Waals surface area contributed by atoms with Gasteiger partial charge in [-0.3, -0.25) is 18.9 Å². The Morgan fingerprint density at radius 1 is 1.08 bits per heavy atom. The second-order valence-corrected chi connectivity index (χ2v) is 10.1. The molecule has 14 nitrogen and oxygen atoms in total. The Hall–Kier alpha value is -3.62. The van der Waals surface area contributed by atoms with Crippen LogP contribution in [0.4, 0.5) is 17.6 Å². The first kappa shape index (κ1) is 25.0. The Balaban J connectivity index is 1.52. The van der Waals surface area contributed by atoms with Gasteiger partial charge in [0.2, 0.25) is 11.9 Å². The third-order valence-corrected chi connectivity index (χ3v) is 6.95. The molecule has 194 valence electrons. The average molecular weight is 530 g/mol. The van der Waals surface area contributed by atoms with Crippen LogP contribution in [-0.4, -0.2) is 69.5 Å². The van der Waals surface area contributed by atoms with Gasteiger partial charge in [0, 0.05) is 5.69 Å². The number of fused-ring (bicyclic) bond motifs is 1. The van der Waals surface area contributed by atoms with Gasteiger partial charge in [-0.15, -0.1) is 0 Å². The summed E-state index contributed by atoms with van der Waals surface area (Å²) in [4.78, 5) is 42.1. The fourth-order valence-corrected chi connectivity index (χ4v) is 4.75. The van der Waals surface area contributed by atoms with E-state index in [1.165, 1.54) is 16.7 Å². The number of ether oxygens (including phenoxy) is 1. The summed E-state index contributed by atoms with van der Waals surface area (Å²) in [6, 6.07) is 12.8. The van der Waals surface area contributed by atoms with E-state index < -0.39 is 44.3 Å². The topological polar surface area (TPSA) is 229 Å². The Morgan fingerprint density at radius 3 is 2.46 bits per heavy atom. The number of imidazole rings is 1. The van der Waals surface area contributed by atoms with Crippen LogP contribution in [0.5, 0.6) is 0 Å². The zero-order valence-electron chi connectivity index (χ0n) is 19.0. The second-order valence-electron chi connectivity index (χ2n) is 8.45. The fourth-order valence-electron chi connectivity index (χ4n) is 4.17. The van der Waals surface area contributed by atoms with Gasteiger partial charge in [0.1, 0.15) is 18.3 Å². The number of aliphatic hydroxyl groups is 3. The maximum atomic E-state index is 12.5. The molecule has 1 saturated heterocycles. The highest BCUT2D eigenvalue weighted by Gasteiger charge is 2.45. The predicted molar refractivity (Wildman–Crippen MR) is 132 cm³/mol. The van der Waals surface area contributed by atoms with Crippen LogP contribution in [0, 0.1) is 0 Å². The standard InChI is InChI=1S/C22H23N6O8P/c23-21-26-18-15(19(32)27-21)25-22(28(18)20-17(31)16(30)14(9-29)36-20)24-12-6-4-10(5-7-12)11-2-1-3-13(8-11)37(33,34)35/h1-8,14,16-17,20,29-31H,9H2,(H,24,25)(H2,33,34,35)(H3,23,26,27,32)/t14-,16-,17-,20-/m1/s1. The first-order chi connectivity index (χ1) is 17.6. The number of nitrogens with one attached hydrogen (secondary N) is 2. The largest absolute Gasteiger partial charge is 0.394 e. The first-order valence-corrected chi connectivity index (χ1v) is 12.6. The predicted octanol–water partition coefficient (Wildman–Crippen LogP) is -0.473. The molecule has 4 atom stereocenters. The molecule has 15 heteroatoms. The van der Waals surface area contributed by atoms with Crippen LogP contribution in [0.15, 0.2) is 53.3 Å². The highest BCUT2D eigenvalue weighted by Crippen LogP contribution is 2.36. The minimum atomic E-state index is -4.41. The number of nitrogens with two attached hydrogens (primary N) is 1. The Morgan fingerprint density at radius 2 is 1.81 bits per heavy atom. The number of nitrogen functional groups attached to an aromatic ring is 1. The number of aromatic amines is 1. The number of benzene rings is 2. The van der Waals surface area contributed by atoms with Gasteiger partial charge < -0.3 is 40.9 Å². The number of hydrogen-bond donors (Lipinski definition) is 8. The van der Waals surface area contributed by atoms with Crippen LogP contribution in [0.1, 0.15) is 6.23 Å². The normalized spacial score (nSPS) is 22.0. The van der Waals surface area contributed by atoms with Crippen molar-refractivity contribution in [1.82, 2.24) is 19.5 Å². The summed E-state index contributed by atoms with van der Waals surface area (Å²) in [5.74, 6) is -0.150. The highest BCUT2D eigenvalue weighted by molar-refractivity contribution is 7.60. The van der Waals surface area contributed by atoms with Crippen molar-refractivity contribution in [3.63, 3.8) is 0 Å². The van der Waals surface area contributed by atoms with Crippen molar-refractivity contribution in [2.45, 2.75) is 24.5 Å². The molecule has 2 aromatic carbocycles. The Labute approximate surface area is 208 Å². The van der Waals surface area contributed by atoms with E-state index in [9.17, 15) is 34.5 Å². The Kier molecular flexibility index (Phi) is 6.33.